The van der Waals surface area contributed by atoms with E-state index in [1.807, 2.05) is 18.2 Å². The summed E-state index contributed by atoms with van der Waals surface area (Å²) in [6.45, 7) is 1.78. The van der Waals surface area contributed by atoms with Crippen molar-refractivity contribution in [2.45, 2.75) is 12.3 Å². The molecule has 1 aromatic carbocycles. The lowest BCUT2D eigenvalue weighted by atomic mass is 9.80. The summed E-state index contributed by atoms with van der Waals surface area (Å²) >= 11 is 12.1. The number of halogens is 2. The summed E-state index contributed by atoms with van der Waals surface area (Å²) in [6.07, 6.45) is 0. The first-order valence-electron chi connectivity index (χ1n) is 6.31. The standard InChI is InChI=1S/C15H12Cl2N2O2/c1-15(13-11(21-2)7-8-12(16)18-13)9-5-3-4-6-10(9)19(17)14(15)20/h3-8H,1-2H3. The first kappa shape index (κ1) is 14.2. The molecule has 6 heteroatoms. The Kier molecular flexibility index (Phi) is 3.30. The Labute approximate surface area is 132 Å². The molecule has 0 bridgehead atoms. The van der Waals surface area contributed by atoms with Gasteiger partial charge in [0.25, 0.3) is 5.91 Å². The largest absolute Gasteiger partial charge is 0.495 e. The summed E-state index contributed by atoms with van der Waals surface area (Å²) in [5.74, 6) is 0.218. The molecular weight excluding hydrogens is 311 g/mol. The number of nitrogens with zero attached hydrogens (tertiary/aromatic N) is 2. The molecule has 0 spiro atoms. The summed E-state index contributed by atoms with van der Waals surface area (Å²) in [4.78, 5) is 17.0. The number of rotatable bonds is 2. The van der Waals surface area contributed by atoms with Crippen molar-refractivity contribution in [1.29, 1.82) is 0 Å². The fourth-order valence-electron chi connectivity index (χ4n) is 2.66. The number of carbonyl (C=O) groups excluding carboxylic acids is 1. The van der Waals surface area contributed by atoms with Gasteiger partial charge in [0.1, 0.15) is 22.0 Å². The van der Waals surface area contributed by atoms with Crippen LogP contribution in [0, 0.1) is 0 Å². The summed E-state index contributed by atoms with van der Waals surface area (Å²) in [7, 11) is 1.53. The highest BCUT2D eigenvalue weighted by Gasteiger charge is 2.51. The minimum atomic E-state index is -1.03. The van der Waals surface area contributed by atoms with Crippen molar-refractivity contribution in [1.82, 2.24) is 4.98 Å². The molecule has 3 rings (SSSR count). The molecule has 1 amide bonds. The van der Waals surface area contributed by atoms with Gasteiger partial charge in [-0.05, 0) is 30.7 Å². The van der Waals surface area contributed by atoms with E-state index in [1.165, 1.54) is 7.11 Å². The zero-order chi connectivity index (χ0) is 15.2. The number of carbonyl (C=O) groups is 1. The van der Waals surface area contributed by atoms with Crippen molar-refractivity contribution in [3.8, 4) is 5.75 Å². The van der Waals surface area contributed by atoms with E-state index >= 15 is 0 Å². The van der Waals surface area contributed by atoms with Gasteiger partial charge in [0.05, 0.1) is 12.8 Å². The van der Waals surface area contributed by atoms with Crippen molar-refractivity contribution in [2.24, 2.45) is 0 Å². The number of amides is 1. The van der Waals surface area contributed by atoms with Gasteiger partial charge in [-0.2, -0.15) is 0 Å². The third-order valence-corrected chi connectivity index (χ3v) is 4.32. The Morgan fingerprint density at radius 3 is 2.67 bits per heavy atom. The third kappa shape index (κ3) is 1.90. The van der Waals surface area contributed by atoms with Crippen LogP contribution < -0.4 is 9.16 Å². The molecule has 0 N–H and O–H groups in total. The van der Waals surface area contributed by atoms with Crippen LogP contribution in [0.25, 0.3) is 0 Å². The highest BCUT2D eigenvalue weighted by Crippen LogP contribution is 2.48. The number of hydrogen-bond donors (Lipinski definition) is 0. The average molecular weight is 323 g/mol. The van der Waals surface area contributed by atoms with Crippen LogP contribution in [-0.4, -0.2) is 18.0 Å². The predicted octanol–water partition coefficient (Wildman–Crippen LogP) is 3.55. The van der Waals surface area contributed by atoms with Gasteiger partial charge in [-0.25, -0.2) is 9.40 Å². The van der Waals surface area contributed by atoms with Gasteiger partial charge in [-0.1, -0.05) is 29.8 Å². The molecule has 1 aliphatic rings. The maximum atomic E-state index is 12.7. The van der Waals surface area contributed by atoms with E-state index in [1.54, 1.807) is 25.1 Å². The van der Waals surface area contributed by atoms with Crippen molar-refractivity contribution < 1.29 is 9.53 Å². The minimum Gasteiger partial charge on any atom is -0.495 e. The van der Waals surface area contributed by atoms with E-state index in [2.05, 4.69) is 4.98 Å². The van der Waals surface area contributed by atoms with Crippen LogP contribution in [0.3, 0.4) is 0 Å². The molecule has 1 aliphatic heterocycles. The van der Waals surface area contributed by atoms with E-state index in [4.69, 9.17) is 28.1 Å². The number of pyridine rings is 1. The molecule has 0 saturated heterocycles. The van der Waals surface area contributed by atoms with Crippen LogP contribution in [0.5, 0.6) is 5.75 Å². The lowest BCUT2D eigenvalue weighted by molar-refractivity contribution is -0.120. The van der Waals surface area contributed by atoms with Crippen molar-refractivity contribution >= 4 is 35.0 Å². The monoisotopic (exact) mass is 322 g/mol. The molecule has 1 atom stereocenters. The highest BCUT2D eigenvalue weighted by atomic mass is 35.5. The van der Waals surface area contributed by atoms with Crippen LogP contribution in [0.15, 0.2) is 36.4 Å². The van der Waals surface area contributed by atoms with Crippen LogP contribution in [-0.2, 0) is 10.2 Å². The molecule has 108 valence electrons. The van der Waals surface area contributed by atoms with Gasteiger partial charge in [0.2, 0.25) is 0 Å². The van der Waals surface area contributed by atoms with Gasteiger partial charge in [0.15, 0.2) is 0 Å². The Bertz CT molecular complexity index is 735. The maximum Gasteiger partial charge on any atom is 0.258 e. The zero-order valence-corrected chi connectivity index (χ0v) is 12.9. The van der Waals surface area contributed by atoms with Crippen molar-refractivity contribution in [3.63, 3.8) is 0 Å². The lowest BCUT2D eigenvalue weighted by Gasteiger charge is -2.24. The molecule has 1 aromatic heterocycles. The van der Waals surface area contributed by atoms with Crippen LogP contribution >= 0.6 is 23.4 Å². The number of ether oxygens (including phenoxy) is 1. The Balaban J connectivity index is 2.31. The van der Waals surface area contributed by atoms with Gasteiger partial charge >= 0.3 is 0 Å². The summed E-state index contributed by atoms with van der Waals surface area (Å²) in [5.41, 5.74) is 0.848. The molecule has 1 unspecified atom stereocenters. The van der Waals surface area contributed by atoms with Crippen LogP contribution in [0.2, 0.25) is 5.15 Å². The fourth-order valence-corrected chi connectivity index (χ4v) is 3.13. The van der Waals surface area contributed by atoms with E-state index in [0.29, 0.717) is 22.3 Å². The van der Waals surface area contributed by atoms with E-state index in [0.717, 1.165) is 9.98 Å². The number of hydrogen-bond acceptors (Lipinski definition) is 3. The lowest BCUT2D eigenvalue weighted by Crippen LogP contribution is -2.36. The fraction of sp³-hybridized carbons (Fsp3) is 0.200. The third-order valence-electron chi connectivity index (χ3n) is 3.78. The number of aromatic nitrogens is 1. The van der Waals surface area contributed by atoms with Gasteiger partial charge in [-0.15, -0.1) is 0 Å². The zero-order valence-electron chi connectivity index (χ0n) is 11.4. The average Bonchev–Trinajstić information content (AvgIpc) is 2.70. The maximum absolute atomic E-state index is 12.7. The predicted molar refractivity (Wildman–Crippen MR) is 82.0 cm³/mol. The van der Waals surface area contributed by atoms with Crippen LogP contribution in [0.1, 0.15) is 18.2 Å². The number of fused-ring (bicyclic) bond motifs is 1. The molecular formula is C15H12Cl2N2O2. The normalized spacial score (nSPS) is 20.6. The molecule has 0 saturated carbocycles. The molecule has 0 fully saturated rings. The highest BCUT2D eigenvalue weighted by molar-refractivity contribution is 6.40. The second kappa shape index (κ2) is 4.90. The molecule has 0 radical (unpaired) electrons. The minimum absolute atomic E-state index is 0.279. The first-order chi connectivity index (χ1) is 10.00. The second-order valence-corrected chi connectivity index (χ2v) is 5.64. The molecule has 21 heavy (non-hydrogen) atoms. The molecule has 4 nitrogen and oxygen atoms in total. The topological polar surface area (TPSA) is 42.4 Å². The van der Waals surface area contributed by atoms with Crippen LogP contribution in [0.4, 0.5) is 5.69 Å². The summed E-state index contributed by atoms with van der Waals surface area (Å²) < 4.78 is 6.46. The number of para-hydroxylation sites is 1. The number of benzene rings is 1. The first-order valence-corrected chi connectivity index (χ1v) is 7.02. The van der Waals surface area contributed by atoms with Gasteiger partial charge in [-0.3, -0.25) is 4.79 Å². The van der Waals surface area contributed by atoms with Gasteiger partial charge < -0.3 is 4.74 Å². The van der Waals surface area contributed by atoms with E-state index < -0.39 is 5.41 Å². The van der Waals surface area contributed by atoms with E-state index in [-0.39, 0.29) is 5.91 Å². The van der Waals surface area contributed by atoms with Crippen molar-refractivity contribution in [2.75, 3.05) is 11.5 Å². The smallest absolute Gasteiger partial charge is 0.258 e. The molecule has 2 heterocycles. The second-order valence-electron chi connectivity index (χ2n) is 4.91. The number of methoxy groups -OCH3 is 1. The Morgan fingerprint density at radius 2 is 1.95 bits per heavy atom. The summed E-state index contributed by atoms with van der Waals surface area (Å²) in [6, 6.07) is 10.7. The molecule has 0 aliphatic carbocycles. The Hall–Kier alpha value is -1.78. The number of anilines is 1. The SMILES string of the molecule is COc1ccc(Cl)nc1C1(C)C(=O)N(Cl)c2ccccc21. The van der Waals surface area contributed by atoms with Gasteiger partial charge in [0, 0.05) is 11.8 Å². The van der Waals surface area contributed by atoms with E-state index in [9.17, 15) is 4.79 Å². The summed E-state index contributed by atoms with van der Waals surface area (Å²) in [5, 5.41) is 0.297. The van der Waals surface area contributed by atoms with Crippen molar-refractivity contribution in [3.05, 3.63) is 52.8 Å². The Morgan fingerprint density at radius 1 is 1.24 bits per heavy atom. The molecule has 2 aromatic rings. The quantitative estimate of drug-likeness (QED) is 0.627.